The molecule has 0 fully saturated rings. The standard InChI is InChI=1S/C10H13NO4/c1-7(12)2-4-11-5-3-8(10(14)15)6-9(11)13/h3,5-7,12H,2,4H2,1H3,(H,14,15). The molecule has 2 N–H and O–H groups in total. The van der Waals surface area contributed by atoms with Gasteiger partial charge in [0, 0.05) is 18.8 Å². The zero-order valence-electron chi connectivity index (χ0n) is 8.38. The maximum atomic E-state index is 11.4. The fourth-order valence-corrected chi connectivity index (χ4v) is 1.15. The summed E-state index contributed by atoms with van der Waals surface area (Å²) in [6.45, 7) is 2.02. The van der Waals surface area contributed by atoms with Gasteiger partial charge in [0.25, 0.3) is 5.56 Å². The molecular formula is C10H13NO4. The summed E-state index contributed by atoms with van der Waals surface area (Å²) in [5, 5.41) is 17.7. The van der Waals surface area contributed by atoms with Crippen LogP contribution >= 0.6 is 0 Å². The van der Waals surface area contributed by atoms with Crippen molar-refractivity contribution < 1.29 is 15.0 Å². The highest BCUT2D eigenvalue weighted by Gasteiger charge is 2.05. The lowest BCUT2D eigenvalue weighted by atomic mass is 10.2. The van der Waals surface area contributed by atoms with Gasteiger partial charge in [-0.05, 0) is 19.4 Å². The van der Waals surface area contributed by atoms with E-state index in [1.807, 2.05) is 0 Å². The second-order valence-corrected chi connectivity index (χ2v) is 3.39. The molecular weight excluding hydrogens is 198 g/mol. The number of nitrogens with zero attached hydrogens (tertiary/aromatic N) is 1. The van der Waals surface area contributed by atoms with Crippen molar-refractivity contribution in [3.63, 3.8) is 0 Å². The summed E-state index contributed by atoms with van der Waals surface area (Å²) in [4.78, 5) is 21.9. The summed E-state index contributed by atoms with van der Waals surface area (Å²) in [7, 11) is 0. The fraction of sp³-hybridized carbons (Fsp3) is 0.400. The zero-order chi connectivity index (χ0) is 11.4. The first-order valence-corrected chi connectivity index (χ1v) is 4.62. The number of pyridine rings is 1. The summed E-state index contributed by atoms with van der Waals surface area (Å²) in [6.07, 6.45) is 1.41. The number of hydrogen-bond donors (Lipinski definition) is 2. The first-order chi connectivity index (χ1) is 7.00. The molecule has 0 bridgehead atoms. The molecule has 0 saturated heterocycles. The Morgan fingerprint density at radius 1 is 1.60 bits per heavy atom. The number of rotatable bonds is 4. The molecule has 0 aromatic carbocycles. The van der Waals surface area contributed by atoms with Gasteiger partial charge in [-0.1, -0.05) is 0 Å². The molecule has 0 aliphatic carbocycles. The van der Waals surface area contributed by atoms with Crippen LogP contribution in [0.5, 0.6) is 0 Å². The van der Waals surface area contributed by atoms with E-state index in [0.717, 1.165) is 6.07 Å². The highest BCUT2D eigenvalue weighted by molar-refractivity contribution is 5.87. The lowest BCUT2D eigenvalue weighted by Crippen LogP contribution is -2.22. The molecule has 1 aromatic heterocycles. The van der Waals surface area contributed by atoms with E-state index in [1.54, 1.807) is 6.92 Å². The van der Waals surface area contributed by atoms with Crippen molar-refractivity contribution in [1.29, 1.82) is 0 Å². The molecule has 82 valence electrons. The van der Waals surface area contributed by atoms with Gasteiger partial charge in [0.15, 0.2) is 0 Å². The van der Waals surface area contributed by atoms with Gasteiger partial charge < -0.3 is 14.8 Å². The number of aromatic nitrogens is 1. The number of aryl methyl sites for hydroxylation is 1. The van der Waals surface area contributed by atoms with Crippen LogP contribution in [0.3, 0.4) is 0 Å². The minimum absolute atomic E-state index is 0.0201. The molecule has 0 aliphatic rings. The smallest absolute Gasteiger partial charge is 0.335 e. The van der Waals surface area contributed by atoms with Crippen LogP contribution in [-0.4, -0.2) is 26.9 Å². The molecule has 0 amide bonds. The monoisotopic (exact) mass is 211 g/mol. The highest BCUT2D eigenvalue weighted by atomic mass is 16.4. The van der Waals surface area contributed by atoms with Gasteiger partial charge in [0.1, 0.15) is 0 Å². The Labute approximate surface area is 86.6 Å². The van der Waals surface area contributed by atoms with Gasteiger partial charge in [-0.3, -0.25) is 4.79 Å². The molecule has 1 unspecified atom stereocenters. The summed E-state index contributed by atoms with van der Waals surface area (Å²) in [5.74, 6) is -1.12. The Morgan fingerprint density at radius 2 is 2.27 bits per heavy atom. The number of carbonyl (C=O) groups is 1. The first kappa shape index (κ1) is 11.5. The number of aliphatic hydroxyl groups excluding tert-OH is 1. The number of carboxylic acid groups (broad SMARTS) is 1. The van der Waals surface area contributed by atoms with Gasteiger partial charge in [0.05, 0.1) is 11.7 Å². The lowest BCUT2D eigenvalue weighted by Gasteiger charge is -2.07. The van der Waals surface area contributed by atoms with Crippen molar-refractivity contribution in [2.24, 2.45) is 0 Å². The van der Waals surface area contributed by atoms with Gasteiger partial charge in [0.2, 0.25) is 0 Å². The Hall–Kier alpha value is -1.62. The summed E-state index contributed by atoms with van der Waals surface area (Å²) >= 11 is 0. The predicted molar refractivity (Wildman–Crippen MR) is 54.0 cm³/mol. The molecule has 15 heavy (non-hydrogen) atoms. The van der Waals surface area contributed by atoms with E-state index in [4.69, 9.17) is 10.2 Å². The normalized spacial score (nSPS) is 12.4. The summed E-state index contributed by atoms with van der Waals surface area (Å²) in [5.41, 5.74) is -0.385. The van der Waals surface area contributed by atoms with E-state index in [1.165, 1.54) is 16.8 Å². The molecule has 0 radical (unpaired) electrons. The van der Waals surface area contributed by atoms with E-state index >= 15 is 0 Å². The third-order valence-electron chi connectivity index (χ3n) is 2.03. The van der Waals surface area contributed by atoms with Crippen LogP contribution in [0.25, 0.3) is 0 Å². The van der Waals surface area contributed by atoms with Crippen molar-refractivity contribution in [3.05, 3.63) is 34.2 Å². The summed E-state index contributed by atoms with van der Waals surface area (Å²) < 4.78 is 1.37. The van der Waals surface area contributed by atoms with Crippen LogP contribution in [0.15, 0.2) is 23.1 Å². The molecule has 1 rings (SSSR count). The van der Waals surface area contributed by atoms with E-state index in [9.17, 15) is 9.59 Å². The van der Waals surface area contributed by atoms with Crippen molar-refractivity contribution in [2.75, 3.05) is 0 Å². The average Bonchev–Trinajstić information content (AvgIpc) is 2.15. The maximum absolute atomic E-state index is 11.4. The molecule has 0 saturated carbocycles. The second-order valence-electron chi connectivity index (χ2n) is 3.39. The van der Waals surface area contributed by atoms with E-state index in [0.29, 0.717) is 13.0 Å². The quantitative estimate of drug-likeness (QED) is 0.751. The van der Waals surface area contributed by atoms with Crippen LogP contribution in [0.4, 0.5) is 0 Å². The molecule has 1 atom stereocenters. The first-order valence-electron chi connectivity index (χ1n) is 4.62. The Balaban J connectivity index is 2.84. The van der Waals surface area contributed by atoms with Gasteiger partial charge >= 0.3 is 5.97 Å². The average molecular weight is 211 g/mol. The number of hydrogen-bond acceptors (Lipinski definition) is 3. The fourth-order valence-electron chi connectivity index (χ4n) is 1.15. The van der Waals surface area contributed by atoms with E-state index in [-0.39, 0.29) is 11.1 Å². The Kier molecular flexibility index (Phi) is 3.62. The topological polar surface area (TPSA) is 79.5 Å². The molecule has 5 heteroatoms. The van der Waals surface area contributed by atoms with E-state index < -0.39 is 12.1 Å². The minimum Gasteiger partial charge on any atom is -0.478 e. The third kappa shape index (κ3) is 3.21. The number of carboxylic acids is 1. The Morgan fingerprint density at radius 3 is 2.73 bits per heavy atom. The van der Waals surface area contributed by atoms with Crippen LogP contribution in [0.2, 0.25) is 0 Å². The molecule has 0 spiro atoms. The van der Waals surface area contributed by atoms with Crippen LogP contribution in [-0.2, 0) is 6.54 Å². The van der Waals surface area contributed by atoms with Crippen molar-refractivity contribution >= 4 is 5.97 Å². The second kappa shape index (κ2) is 4.75. The van der Waals surface area contributed by atoms with Gasteiger partial charge in [-0.15, -0.1) is 0 Å². The molecule has 0 aliphatic heterocycles. The zero-order valence-corrected chi connectivity index (χ0v) is 8.38. The largest absolute Gasteiger partial charge is 0.478 e. The van der Waals surface area contributed by atoms with Crippen molar-refractivity contribution in [1.82, 2.24) is 4.57 Å². The summed E-state index contributed by atoms with van der Waals surface area (Å²) in [6, 6.07) is 2.44. The van der Waals surface area contributed by atoms with Crippen molar-refractivity contribution in [3.8, 4) is 0 Å². The van der Waals surface area contributed by atoms with Gasteiger partial charge in [-0.2, -0.15) is 0 Å². The van der Waals surface area contributed by atoms with Crippen molar-refractivity contribution in [2.45, 2.75) is 26.0 Å². The predicted octanol–water partition coefficient (Wildman–Crippen LogP) is 0.317. The molecule has 1 heterocycles. The SMILES string of the molecule is CC(O)CCn1ccc(C(=O)O)cc1=O. The number of aliphatic hydroxyl groups is 1. The number of aromatic carboxylic acids is 1. The molecule has 5 nitrogen and oxygen atoms in total. The Bertz CT molecular complexity index is 408. The van der Waals surface area contributed by atoms with Gasteiger partial charge in [-0.25, -0.2) is 4.79 Å². The van der Waals surface area contributed by atoms with Crippen LogP contribution in [0.1, 0.15) is 23.7 Å². The molecule has 1 aromatic rings. The van der Waals surface area contributed by atoms with Crippen LogP contribution in [0, 0.1) is 0 Å². The third-order valence-corrected chi connectivity index (χ3v) is 2.03. The maximum Gasteiger partial charge on any atom is 0.335 e. The van der Waals surface area contributed by atoms with E-state index in [2.05, 4.69) is 0 Å². The minimum atomic E-state index is -1.12. The van der Waals surface area contributed by atoms with Crippen LogP contribution < -0.4 is 5.56 Å². The lowest BCUT2D eigenvalue weighted by molar-refractivity contribution is 0.0696. The highest BCUT2D eigenvalue weighted by Crippen LogP contribution is 1.97.